The van der Waals surface area contributed by atoms with Crippen molar-refractivity contribution in [1.29, 1.82) is 0 Å². The molecule has 0 unspecified atom stereocenters. The summed E-state index contributed by atoms with van der Waals surface area (Å²) in [5.41, 5.74) is 0.990. The van der Waals surface area contributed by atoms with Crippen LogP contribution in [0.15, 0.2) is 30.3 Å². The summed E-state index contributed by atoms with van der Waals surface area (Å²) in [7, 11) is 0. The van der Waals surface area contributed by atoms with E-state index in [4.69, 9.17) is 14.2 Å². The molecule has 0 aliphatic heterocycles. The minimum absolute atomic E-state index is 0.0175. The zero-order valence-electron chi connectivity index (χ0n) is 20.8. The molecule has 0 saturated carbocycles. The van der Waals surface area contributed by atoms with Crippen molar-refractivity contribution in [3.8, 4) is 0 Å². The fraction of sp³-hybridized carbons (Fsp3) is 0.741. The third-order valence-electron chi connectivity index (χ3n) is 5.56. The quantitative estimate of drug-likeness (QED) is 0.205. The molecular weight excluding hydrogens is 418 g/mol. The molecule has 1 aromatic rings. The molecule has 0 aliphatic carbocycles. The van der Waals surface area contributed by atoms with E-state index in [0.717, 1.165) is 44.1 Å². The first-order chi connectivity index (χ1) is 16.3. The maximum atomic E-state index is 11.7. The molecule has 0 heterocycles. The molecule has 1 atom stereocenters. The summed E-state index contributed by atoms with van der Waals surface area (Å²) >= 11 is 0. The number of unbranched alkanes of at least 4 members (excludes halogenated alkanes) is 10. The molecule has 190 valence electrons. The van der Waals surface area contributed by atoms with Crippen LogP contribution in [0.4, 0.5) is 4.79 Å². The van der Waals surface area contributed by atoms with E-state index in [0.29, 0.717) is 33.0 Å². The Balaban J connectivity index is 1.83. The van der Waals surface area contributed by atoms with Crippen molar-refractivity contribution in [3.05, 3.63) is 35.9 Å². The third kappa shape index (κ3) is 18.5. The molecule has 0 saturated heterocycles. The van der Waals surface area contributed by atoms with Crippen LogP contribution in [0.25, 0.3) is 0 Å². The van der Waals surface area contributed by atoms with Crippen LogP contribution < -0.4 is 5.32 Å². The first kappa shape index (κ1) is 29.4. The Morgan fingerprint density at radius 1 is 0.879 bits per heavy atom. The van der Waals surface area contributed by atoms with Gasteiger partial charge in [0.2, 0.25) is 0 Å². The predicted octanol–water partition coefficient (Wildman–Crippen LogP) is 6.01. The predicted molar refractivity (Wildman–Crippen MR) is 133 cm³/mol. The first-order valence-electron chi connectivity index (χ1n) is 13.0. The van der Waals surface area contributed by atoms with E-state index in [9.17, 15) is 9.90 Å². The Morgan fingerprint density at radius 3 is 2.21 bits per heavy atom. The molecule has 0 aromatic heterocycles. The van der Waals surface area contributed by atoms with E-state index in [1.54, 1.807) is 0 Å². The Hall–Kier alpha value is -1.63. The van der Waals surface area contributed by atoms with Gasteiger partial charge in [-0.05, 0) is 24.8 Å². The Bertz CT molecular complexity index is 555. The van der Waals surface area contributed by atoms with Crippen LogP contribution in [0.3, 0.4) is 0 Å². The van der Waals surface area contributed by atoms with Crippen LogP contribution in [0.2, 0.25) is 0 Å². The van der Waals surface area contributed by atoms with Gasteiger partial charge in [0.1, 0.15) is 12.7 Å². The second-order valence-electron chi connectivity index (χ2n) is 8.63. The number of ether oxygens (including phenoxy) is 3. The summed E-state index contributed by atoms with van der Waals surface area (Å²) < 4.78 is 16.6. The molecule has 6 nitrogen and oxygen atoms in total. The van der Waals surface area contributed by atoms with E-state index < -0.39 is 0 Å². The highest BCUT2D eigenvalue weighted by molar-refractivity contribution is 5.67. The second-order valence-corrected chi connectivity index (χ2v) is 8.63. The molecule has 2 N–H and O–H groups in total. The number of hydrogen-bond acceptors (Lipinski definition) is 5. The van der Waals surface area contributed by atoms with Crippen molar-refractivity contribution in [2.24, 2.45) is 0 Å². The van der Waals surface area contributed by atoms with Crippen molar-refractivity contribution in [3.63, 3.8) is 0 Å². The average Bonchev–Trinajstić information content (AvgIpc) is 2.84. The van der Waals surface area contributed by atoms with Gasteiger partial charge in [0.15, 0.2) is 0 Å². The molecule has 0 spiro atoms. The zero-order valence-corrected chi connectivity index (χ0v) is 20.8. The number of aliphatic hydroxyl groups is 1. The number of nitrogens with one attached hydrogen (secondary N) is 1. The van der Waals surface area contributed by atoms with Gasteiger partial charge < -0.3 is 24.6 Å². The number of aliphatic hydroxyl groups excluding tert-OH is 1. The second kappa shape index (κ2) is 22.2. The molecule has 1 aromatic carbocycles. The molecule has 0 bridgehead atoms. The van der Waals surface area contributed by atoms with E-state index >= 15 is 0 Å². The number of carbonyl (C=O) groups excluding carboxylic acids is 1. The van der Waals surface area contributed by atoms with Crippen molar-refractivity contribution in [2.75, 3.05) is 33.0 Å². The minimum Gasteiger partial charge on any atom is -0.445 e. The topological polar surface area (TPSA) is 77.0 Å². The van der Waals surface area contributed by atoms with Gasteiger partial charge in [-0.3, -0.25) is 0 Å². The van der Waals surface area contributed by atoms with Gasteiger partial charge in [-0.1, -0.05) is 95.0 Å². The summed E-state index contributed by atoms with van der Waals surface area (Å²) in [4.78, 5) is 11.7. The number of amides is 1. The standard InChI is InChI=1S/C27H47NO5/c1-2-3-4-5-10-16-21-32-26(22-29)24-31-20-15-9-7-6-8-14-19-28-27(30)33-23-25-17-12-11-13-18-25/h11-13,17-18,26,29H,2-10,14-16,19-24H2,1H3,(H,28,30)/t26-/m0/s1. The van der Waals surface area contributed by atoms with Crippen molar-refractivity contribution in [1.82, 2.24) is 5.32 Å². The van der Waals surface area contributed by atoms with Crippen molar-refractivity contribution in [2.45, 2.75) is 96.7 Å². The molecule has 0 aliphatic rings. The Labute approximate surface area is 201 Å². The van der Waals surface area contributed by atoms with Crippen LogP contribution in [0.5, 0.6) is 0 Å². The molecule has 0 radical (unpaired) electrons. The van der Waals surface area contributed by atoms with Gasteiger partial charge in [-0.25, -0.2) is 4.79 Å². The van der Waals surface area contributed by atoms with E-state index in [2.05, 4.69) is 12.2 Å². The summed E-state index contributed by atoms with van der Waals surface area (Å²) in [6, 6.07) is 9.68. The molecule has 33 heavy (non-hydrogen) atoms. The van der Waals surface area contributed by atoms with Gasteiger partial charge in [-0.15, -0.1) is 0 Å². The van der Waals surface area contributed by atoms with Gasteiger partial charge in [-0.2, -0.15) is 0 Å². The van der Waals surface area contributed by atoms with Crippen LogP contribution in [0.1, 0.15) is 89.5 Å². The first-order valence-corrected chi connectivity index (χ1v) is 13.0. The Kier molecular flexibility index (Phi) is 19.8. The average molecular weight is 466 g/mol. The summed E-state index contributed by atoms with van der Waals surface area (Å²) in [6.45, 7) is 5.09. The minimum atomic E-state index is -0.354. The lowest BCUT2D eigenvalue weighted by molar-refractivity contribution is -0.0437. The van der Waals surface area contributed by atoms with Crippen LogP contribution in [-0.2, 0) is 20.8 Å². The van der Waals surface area contributed by atoms with Gasteiger partial charge in [0.05, 0.1) is 13.2 Å². The molecular formula is C27H47NO5. The Morgan fingerprint density at radius 2 is 1.52 bits per heavy atom. The third-order valence-corrected chi connectivity index (χ3v) is 5.56. The number of hydrogen-bond donors (Lipinski definition) is 2. The highest BCUT2D eigenvalue weighted by atomic mass is 16.5. The van der Waals surface area contributed by atoms with Crippen LogP contribution in [-0.4, -0.2) is 50.3 Å². The van der Waals surface area contributed by atoms with Gasteiger partial charge >= 0.3 is 6.09 Å². The lowest BCUT2D eigenvalue weighted by Gasteiger charge is -2.15. The molecule has 1 rings (SSSR count). The lowest BCUT2D eigenvalue weighted by Crippen LogP contribution is -2.25. The smallest absolute Gasteiger partial charge is 0.407 e. The van der Waals surface area contributed by atoms with E-state index in [-0.39, 0.29) is 18.8 Å². The monoisotopic (exact) mass is 465 g/mol. The summed E-state index contributed by atoms with van der Waals surface area (Å²) in [5.74, 6) is 0. The number of benzene rings is 1. The fourth-order valence-corrected chi connectivity index (χ4v) is 3.50. The van der Waals surface area contributed by atoms with Gasteiger partial charge in [0, 0.05) is 19.8 Å². The molecule has 1 amide bonds. The van der Waals surface area contributed by atoms with Crippen molar-refractivity contribution >= 4 is 6.09 Å². The maximum absolute atomic E-state index is 11.7. The normalized spacial score (nSPS) is 11.9. The fourth-order valence-electron chi connectivity index (χ4n) is 3.50. The number of rotatable bonds is 22. The van der Waals surface area contributed by atoms with Crippen LogP contribution in [0, 0.1) is 0 Å². The SMILES string of the molecule is CCCCCCCCO[C@@H](CO)COCCCCCCCCNC(=O)OCc1ccccc1. The lowest BCUT2D eigenvalue weighted by atomic mass is 10.1. The van der Waals surface area contributed by atoms with E-state index in [1.807, 2.05) is 30.3 Å². The summed E-state index contributed by atoms with van der Waals surface area (Å²) in [5, 5.41) is 12.2. The zero-order chi connectivity index (χ0) is 23.8. The molecule has 0 fully saturated rings. The molecule has 6 heteroatoms. The highest BCUT2D eigenvalue weighted by Gasteiger charge is 2.07. The van der Waals surface area contributed by atoms with Crippen molar-refractivity contribution < 1.29 is 24.1 Å². The largest absolute Gasteiger partial charge is 0.445 e. The maximum Gasteiger partial charge on any atom is 0.407 e. The van der Waals surface area contributed by atoms with Crippen LogP contribution >= 0.6 is 0 Å². The van der Waals surface area contributed by atoms with Gasteiger partial charge in [0.25, 0.3) is 0 Å². The number of carbonyl (C=O) groups is 1. The number of alkyl carbamates (subject to hydrolysis) is 1. The van der Waals surface area contributed by atoms with E-state index in [1.165, 1.54) is 38.5 Å². The summed E-state index contributed by atoms with van der Waals surface area (Å²) in [6.07, 6.45) is 13.4. The highest BCUT2D eigenvalue weighted by Crippen LogP contribution is 2.07.